The summed E-state index contributed by atoms with van der Waals surface area (Å²) in [6, 6.07) is 9.72. The molecule has 1 heterocycles. The highest BCUT2D eigenvalue weighted by atomic mass is 16.6. The molecular weight excluding hydrogens is 444 g/mol. The van der Waals surface area contributed by atoms with Crippen LogP contribution in [0.1, 0.15) is 31.1 Å². The van der Waals surface area contributed by atoms with Crippen molar-refractivity contribution in [2.24, 2.45) is 0 Å². The van der Waals surface area contributed by atoms with Crippen molar-refractivity contribution in [3.8, 4) is 23.0 Å². The lowest BCUT2D eigenvalue weighted by Gasteiger charge is -2.19. The lowest BCUT2D eigenvalue weighted by molar-refractivity contribution is -0.152. The topological polar surface area (TPSA) is 121 Å². The molecule has 0 saturated carbocycles. The molecule has 0 fully saturated rings. The first kappa shape index (κ1) is 24.7. The quantitative estimate of drug-likeness (QED) is 0.506. The summed E-state index contributed by atoms with van der Waals surface area (Å²) in [5.41, 5.74) is 0.773. The molecule has 0 saturated heterocycles. The van der Waals surface area contributed by atoms with Crippen LogP contribution in [-0.2, 0) is 14.3 Å². The number of rotatable bonds is 10. The Labute approximate surface area is 197 Å². The summed E-state index contributed by atoms with van der Waals surface area (Å²) in [4.78, 5) is 37.0. The van der Waals surface area contributed by atoms with Gasteiger partial charge in [-0.05, 0) is 51.1 Å². The summed E-state index contributed by atoms with van der Waals surface area (Å²) in [6.45, 7) is 6.46. The molecule has 34 heavy (non-hydrogen) atoms. The zero-order chi connectivity index (χ0) is 24.5. The van der Waals surface area contributed by atoms with Crippen molar-refractivity contribution in [3.63, 3.8) is 0 Å². The van der Waals surface area contributed by atoms with Gasteiger partial charge in [0.15, 0.2) is 29.1 Å². The lowest BCUT2D eigenvalue weighted by Crippen LogP contribution is -2.35. The van der Waals surface area contributed by atoms with E-state index in [4.69, 9.17) is 23.7 Å². The number of esters is 1. The molecule has 2 N–H and O–H groups in total. The Morgan fingerprint density at radius 2 is 1.65 bits per heavy atom. The summed E-state index contributed by atoms with van der Waals surface area (Å²) in [7, 11) is 0. The van der Waals surface area contributed by atoms with Crippen LogP contribution in [0.15, 0.2) is 36.4 Å². The van der Waals surface area contributed by atoms with E-state index in [-0.39, 0.29) is 0 Å². The van der Waals surface area contributed by atoms with Crippen molar-refractivity contribution >= 4 is 23.5 Å². The molecule has 0 bridgehead atoms. The van der Waals surface area contributed by atoms with Crippen LogP contribution in [0.5, 0.6) is 23.0 Å². The van der Waals surface area contributed by atoms with Crippen molar-refractivity contribution in [2.75, 3.05) is 38.3 Å². The lowest BCUT2D eigenvalue weighted by atomic mass is 10.2. The minimum absolute atomic E-state index is 0.295. The van der Waals surface area contributed by atoms with E-state index in [0.717, 1.165) is 0 Å². The zero-order valence-electron chi connectivity index (χ0n) is 19.3. The third-order valence-corrected chi connectivity index (χ3v) is 4.69. The van der Waals surface area contributed by atoms with Crippen LogP contribution in [0.4, 0.5) is 5.69 Å². The summed E-state index contributed by atoms with van der Waals surface area (Å²) >= 11 is 0. The van der Waals surface area contributed by atoms with E-state index in [2.05, 4.69) is 10.6 Å². The Hall–Kier alpha value is -3.95. The fourth-order valence-electron chi connectivity index (χ4n) is 3.10. The van der Waals surface area contributed by atoms with Crippen LogP contribution in [0.25, 0.3) is 0 Å². The second-order valence-corrected chi connectivity index (χ2v) is 7.19. The highest BCUT2D eigenvalue weighted by molar-refractivity contribution is 5.97. The summed E-state index contributed by atoms with van der Waals surface area (Å²) < 4.78 is 27.0. The SMILES string of the molecule is CCOc1ccc(C(=O)NCC(=O)OC(C)C(=O)Nc2ccc3c(c2)OCCO3)cc1OCC. The fourth-order valence-corrected chi connectivity index (χ4v) is 3.10. The van der Waals surface area contributed by atoms with Gasteiger partial charge in [0, 0.05) is 17.3 Å². The Bertz CT molecular complexity index is 1040. The van der Waals surface area contributed by atoms with E-state index >= 15 is 0 Å². The second-order valence-electron chi connectivity index (χ2n) is 7.19. The van der Waals surface area contributed by atoms with E-state index in [9.17, 15) is 14.4 Å². The van der Waals surface area contributed by atoms with E-state index in [0.29, 0.717) is 60.7 Å². The second kappa shape index (κ2) is 11.8. The van der Waals surface area contributed by atoms with E-state index in [1.807, 2.05) is 13.8 Å². The van der Waals surface area contributed by atoms with E-state index in [1.165, 1.54) is 6.92 Å². The summed E-state index contributed by atoms with van der Waals surface area (Å²) in [6.07, 6.45) is -1.08. The first-order chi connectivity index (χ1) is 16.4. The van der Waals surface area contributed by atoms with Crippen LogP contribution >= 0.6 is 0 Å². The van der Waals surface area contributed by atoms with Crippen molar-refractivity contribution in [1.82, 2.24) is 5.32 Å². The number of ether oxygens (including phenoxy) is 5. The molecule has 10 heteroatoms. The van der Waals surface area contributed by atoms with Crippen molar-refractivity contribution in [1.29, 1.82) is 0 Å². The van der Waals surface area contributed by atoms with Gasteiger partial charge in [-0.15, -0.1) is 0 Å². The van der Waals surface area contributed by atoms with Gasteiger partial charge in [-0.1, -0.05) is 0 Å². The maximum atomic E-state index is 12.4. The number of hydrogen-bond donors (Lipinski definition) is 2. The Morgan fingerprint density at radius 3 is 2.38 bits per heavy atom. The van der Waals surface area contributed by atoms with Gasteiger partial charge in [-0.3, -0.25) is 14.4 Å². The number of hydrogen-bond acceptors (Lipinski definition) is 8. The monoisotopic (exact) mass is 472 g/mol. The molecule has 10 nitrogen and oxygen atoms in total. The Balaban J connectivity index is 1.49. The first-order valence-electron chi connectivity index (χ1n) is 11.0. The third-order valence-electron chi connectivity index (χ3n) is 4.69. The zero-order valence-corrected chi connectivity index (χ0v) is 19.3. The average molecular weight is 472 g/mol. The summed E-state index contributed by atoms with van der Waals surface area (Å²) in [5.74, 6) is 0.313. The number of benzene rings is 2. The maximum Gasteiger partial charge on any atom is 0.326 e. The minimum Gasteiger partial charge on any atom is -0.490 e. The van der Waals surface area contributed by atoms with Crippen LogP contribution < -0.4 is 29.6 Å². The molecule has 1 aliphatic rings. The molecule has 2 aromatic rings. The number of anilines is 1. The smallest absolute Gasteiger partial charge is 0.326 e. The average Bonchev–Trinajstić information content (AvgIpc) is 2.83. The van der Waals surface area contributed by atoms with E-state index in [1.54, 1.807) is 36.4 Å². The molecule has 0 aliphatic carbocycles. The molecule has 1 aliphatic heterocycles. The molecule has 2 aromatic carbocycles. The minimum atomic E-state index is -1.08. The molecule has 3 rings (SSSR count). The van der Waals surface area contributed by atoms with Crippen molar-refractivity contribution in [3.05, 3.63) is 42.0 Å². The molecule has 0 aromatic heterocycles. The van der Waals surface area contributed by atoms with Gasteiger partial charge in [0.05, 0.1) is 13.2 Å². The number of carbonyl (C=O) groups excluding carboxylic acids is 3. The van der Waals surface area contributed by atoms with Crippen LogP contribution in [-0.4, -0.2) is 56.9 Å². The number of nitrogens with one attached hydrogen (secondary N) is 2. The normalized spacial score (nSPS) is 12.8. The molecule has 1 unspecified atom stereocenters. The van der Waals surface area contributed by atoms with Crippen LogP contribution in [0, 0.1) is 0 Å². The highest BCUT2D eigenvalue weighted by Gasteiger charge is 2.20. The number of amides is 2. The Morgan fingerprint density at radius 1 is 0.941 bits per heavy atom. The predicted molar refractivity (Wildman–Crippen MR) is 123 cm³/mol. The molecule has 182 valence electrons. The molecular formula is C24H28N2O8. The fraction of sp³-hybridized carbons (Fsp3) is 0.375. The van der Waals surface area contributed by atoms with Crippen molar-refractivity contribution < 1.29 is 38.1 Å². The highest BCUT2D eigenvalue weighted by Crippen LogP contribution is 2.32. The van der Waals surface area contributed by atoms with Crippen LogP contribution in [0.3, 0.4) is 0 Å². The van der Waals surface area contributed by atoms with Gasteiger partial charge in [0.1, 0.15) is 19.8 Å². The van der Waals surface area contributed by atoms with Gasteiger partial charge in [0.25, 0.3) is 11.8 Å². The first-order valence-corrected chi connectivity index (χ1v) is 11.0. The summed E-state index contributed by atoms with van der Waals surface area (Å²) in [5, 5.41) is 5.13. The molecule has 0 spiro atoms. The molecule has 0 radical (unpaired) electrons. The molecule has 1 atom stereocenters. The number of carbonyl (C=O) groups is 3. The van der Waals surface area contributed by atoms with Gasteiger partial charge >= 0.3 is 5.97 Å². The largest absolute Gasteiger partial charge is 0.490 e. The maximum absolute atomic E-state index is 12.4. The van der Waals surface area contributed by atoms with Gasteiger partial charge in [0.2, 0.25) is 0 Å². The van der Waals surface area contributed by atoms with Gasteiger partial charge in [-0.2, -0.15) is 0 Å². The predicted octanol–water partition coefficient (Wildman–Crippen LogP) is 2.56. The van der Waals surface area contributed by atoms with Gasteiger partial charge < -0.3 is 34.3 Å². The van der Waals surface area contributed by atoms with Gasteiger partial charge in [-0.25, -0.2) is 0 Å². The van der Waals surface area contributed by atoms with E-state index < -0.39 is 30.4 Å². The Kier molecular flexibility index (Phi) is 8.55. The third kappa shape index (κ3) is 6.53. The standard InChI is InChI=1S/C24H28N2O8/c1-4-30-18-8-6-16(12-20(18)31-5-2)24(29)25-14-22(27)34-15(3)23(28)26-17-7-9-19-21(13-17)33-11-10-32-19/h6-9,12-13,15H,4-5,10-11,14H2,1-3H3,(H,25,29)(H,26,28). The van der Waals surface area contributed by atoms with Crippen LogP contribution in [0.2, 0.25) is 0 Å². The van der Waals surface area contributed by atoms with Crippen molar-refractivity contribution in [2.45, 2.75) is 26.9 Å². The molecule has 2 amide bonds. The number of fused-ring (bicyclic) bond motifs is 1.